The molecule has 0 amide bonds. The molecule has 4 N–H and O–H groups in total. The summed E-state index contributed by atoms with van der Waals surface area (Å²) >= 11 is 0. The molecule has 9 nitrogen and oxygen atoms in total. The zero-order valence-corrected chi connectivity index (χ0v) is 26.0. The number of ether oxygens (including phenoxy) is 1. The molecule has 2 aliphatic heterocycles. The van der Waals surface area contributed by atoms with Crippen LogP contribution in [-0.4, -0.2) is 55.3 Å². The van der Waals surface area contributed by atoms with E-state index in [0.29, 0.717) is 39.5 Å². The van der Waals surface area contributed by atoms with Gasteiger partial charge in [0.05, 0.1) is 36.0 Å². The fourth-order valence-electron chi connectivity index (χ4n) is 6.90. The molecule has 0 saturated carbocycles. The second-order valence-electron chi connectivity index (χ2n) is 11.6. The van der Waals surface area contributed by atoms with Crippen LogP contribution in [0.3, 0.4) is 0 Å². The molecule has 3 aromatic heterocycles. The molecule has 0 aromatic carbocycles. The van der Waals surface area contributed by atoms with E-state index in [2.05, 4.69) is 43.7 Å². The van der Waals surface area contributed by atoms with Crippen LogP contribution in [0.5, 0.6) is 0 Å². The third-order valence-corrected chi connectivity index (χ3v) is 9.29. The number of allylic oxidation sites excluding steroid dienone is 4. The molecule has 5 heterocycles. The van der Waals surface area contributed by atoms with E-state index in [-0.39, 0.29) is 0 Å². The summed E-state index contributed by atoms with van der Waals surface area (Å²) in [6, 6.07) is 6.11. The number of H-pyrrole nitrogens is 2. The van der Waals surface area contributed by atoms with E-state index in [9.17, 15) is 19.8 Å². The van der Waals surface area contributed by atoms with E-state index in [0.717, 1.165) is 63.3 Å². The lowest BCUT2D eigenvalue weighted by atomic mass is 9.94. The van der Waals surface area contributed by atoms with Gasteiger partial charge in [-0.1, -0.05) is 13.8 Å². The van der Waals surface area contributed by atoms with Gasteiger partial charge in [0.15, 0.2) is 0 Å². The fourth-order valence-corrected chi connectivity index (χ4v) is 6.90. The first-order valence-corrected chi connectivity index (χ1v) is 14.9. The minimum atomic E-state index is -1.21. The number of nitrogens with one attached hydrogen (secondary N) is 2. The van der Waals surface area contributed by atoms with Crippen LogP contribution in [0.2, 0.25) is 0 Å². The van der Waals surface area contributed by atoms with Crippen LogP contribution in [-0.2, 0) is 27.2 Å². The Bertz CT molecular complexity index is 2040. The Morgan fingerprint density at radius 2 is 1.41 bits per heavy atom. The van der Waals surface area contributed by atoms with Gasteiger partial charge in [-0.15, -0.1) is 0 Å². The van der Waals surface area contributed by atoms with E-state index in [1.54, 1.807) is 0 Å². The molecule has 0 radical (unpaired) electrons. The summed E-state index contributed by atoms with van der Waals surface area (Å²) in [4.78, 5) is 42.1. The van der Waals surface area contributed by atoms with Gasteiger partial charge in [-0.25, -0.2) is 14.8 Å². The van der Waals surface area contributed by atoms with Crippen LogP contribution < -0.4 is 0 Å². The summed E-state index contributed by atoms with van der Waals surface area (Å²) in [5.74, 6) is -2.80. The Labute approximate surface area is 255 Å². The first-order valence-electron chi connectivity index (χ1n) is 14.9. The summed E-state index contributed by atoms with van der Waals surface area (Å²) in [5, 5.41) is 21.1. The first kappa shape index (κ1) is 29.3. The molecule has 3 aromatic rings. The van der Waals surface area contributed by atoms with Gasteiger partial charge in [0.25, 0.3) is 0 Å². The monoisotopic (exact) mass is 592 g/mol. The van der Waals surface area contributed by atoms with E-state index in [1.165, 1.54) is 24.3 Å². The number of aryl methyl sites for hydroxylation is 4. The lowest BCUT2D eigenvalue weighted by molar-refractivity contribution is -0.144. The number of hydrogen-bond acceptors (Lipinski definition) is 6. The van der Waals surface area contributed by atoms with Gasteiger partial charge in [-0.3, -0.25) is 4.79 Å². The average Bonchev–Trinajstić information content (AvgIpc) is 3.72. The largest absolute Gasteiger partial charge is 0.478 e. The zero-order valence-electron chi connectivity index (χ0n) is 26.0. The summed E-state index contributed by atoms with van der Waals surface area (Å²) in [5.41, 5.74) is 13.6. The molecule has 6 rings (SSSR count). The number of esters is 1. The molecular formula is C35H36N4O5. The van der Waals surface area contributed by atoms with E-state index in [4.69, 9.17) is 14.7 Å². The van der Waals surface area contributed by atoms with E-state index < -0.39 is 24.0 Å². The van der Waals surface area contributed by atoms with Crippen LogP contribution in [0.4, 0.5) is 0 Å². The van der Waals surface area contributed by atoms with Gasteiger partial charge in [0.1, 0.15) is 5.92 Å². The third-order valence-electron chi connectivity index (χ3n) is 9.29. The summed E-state index contributed by atoms with van der Waals surface area (Å²) in [6.07, 6.45) is 2.98. The van der Waals surface area contributed by atoms with Crippen molar-refractivity contribution < 1.29 is 24.5 Å². The smallest absolute Gasteiger partial charge is 0.328 e. The quantitative estimate of drug-likeness (QED) is 0.204. The number of carboxylic acids is 1. The third kappa shape index (κ3) is 4.33. The van der Waals surface area contributed by atoms with Gasteiger partial charge >= 0.3 is 11.9 Å². The van der Waals surface area contributed by atoms with Crippen molar-refractivity contribution >= 4 is 56.3 Å². The molecule has 2 atom stereocenters. The van der Waals surface area contributed by atoms with Crippen LogP contribution in [0, 0.1) is 13.8 Å². The predicted octanol–water partition coefficient (Wildman–Crippen LogP) is 6.19. The van der Waals surface area contributed by atoms with Crippen molar-refractivity contribution in [3.63, 3.8) is 0 Å². The van der Waals surface area contributed by atoms with Crippen molar-refractivity contribution in [1.29, 1.82) is 0 Å². The summed E-state index contributed by atoms with van der Waals surface area (Å²) in [6.45, 7) is 12.2. The van der Waals surface area contributed by atoms with Crippen molar-refractivity contribution in [2.24, 2.45) is 0 Å². The minimum absolute atomic E-state index is 0.398. The lowest BCUT2D eigenvalue weighted by Crippen LogP contribution is -2.24. The van der Waals surface area contributed by atoms with Crippen LogP contribution in [0.15, 0.2) is 30.4 Å². The number of aliphatic hydroxyl groups excluding tert-OH is 1. The number of aromatic nitrogens is 4. The Morgan fingerprint density at radius 1 is 0.864 bits per heavy atom. The van der Waals surface area contributed by atoms with Crippen molar-refractivity contribution in [2.45, 2.75) is 66.4 Å². The zero-order chi connectivity index (χ0) is 31.6. The molecule has 0 fully saturated rings. The Morgan fingerprint density at radius 3 is 2.00 bits per heavy atom. The van der Waals surface area contributed by atoms with Crippen molar-refractivity contribution in [2.75, 3.05) is 7.11 Å². The highest BCUT2D eigenvalue weighted by Gasteiger charge is 2.47. The fraction of sp³-hybridized carbons (Fsp3) is 0.314. The molecule has 0 saturated heterocycles. The van der Waals surface area contributed by atoms with Gasteiger partial charge in [-0.05, 0) is 98.2 Å². The number of aliphatic carboxylic acids is 1. The minimum Gasteiger partial charge on any atom is -0.478 e. The molecule has 3 aliphatic rings. The Balaban J connectivity index is 1.86. The average molecular weight is 593 g/mol. The van der Waals surface area contributed by atoms with Gasteiger partial charge < -0.3 is 24.9 Å². The normalized spacial score (nSPS) is 17.7. The molecule has 1 unspecified atom stereocenters. The number of hydrogen-bond donors (Lipinski definition) is 4. The number of rotatable bonds is 5. The van der Waals surface area contributed by atoms with Crippen LogP contribution in [0.25, 0.3) is 44.4 Å². The number of fused-ring (bicyclic) bond motifs is 8. The number of nitrogens with zero attached hydrogens (tertiary/aromatic N) is 2. The van der Waals surface area contributed by atoms with Gasteiger partial charge in [0, 0.05) is 44.9 Å². The maximum atomic E-state index is 13.2. The van der Waals surface area contributed by atoms with Crippen molar-refractivity contribution in [1.82, 2.24) is 19.9 Å². The summed E-state index contributed by atoms with van der Waals surface area (Å²) in [7, 11) is 1.28. The topological polar surface area (TPSA) is 141 Å². The highest BCUT2D eigenvalue weighted by molar-refractivity contribution is 6.06. The molecule has 44 heavy (non-hydrogen) atoms. The Kier molecular flexibility index (Phi) is 7.16. The highest BCUT2D eigenvalue weighted by atomic mass is 16.5. The lowest BCUT2D eigenvalue weighted by Gasteiger charge is -2.15. The van der Waals surface area contributed by atoms with E-state index >= 15 is 0 Å². The maximum Gasteiger partial charge on any atom is 0.328 e. The van der Waals surface area contributed by atoms with Crippen LogP contribution in [0.1, 0.15) is 84.2 Å². The Hall–Kier alpha value is -4.76. The van der Waals surface area contributed by atoms with Crippen LogP contribution >= 0.6 is 0 Å². The van der Waals surface area contributed by atoms with Gasteiger partial charge in [-0.2, -0.15) is 0 Å². The van der Waals surface area contributed by atoms with Crippen molar-refractivity contribution in [3.05, 3.63) is 80.9 Å². The number of methoxy groups -OCH3 is 1. The second-order valence-corrected chi connectivity index (χ2v) is 11.6. The maximum absolute atomic E-state index is 13.2. The van der Waals surface area contributed by atoms with Gasteiger partial charge in [0.2, 0.25) is 0 Å². The number of carboxylic acid groups (broad SMARTS) is 1. The SMILES string of the molecule is CCc1c(C)c2cc3[nH]c(cc4nc(c5c6nc(cc1[nH]2)C(C)=C6C(O)[C@@H]5C(=O)OC)C(/C=C/C(=O)O)=C4C)c(C)c3CC. The highest BCUT2D eigenvalue weighted by Crippen LogP contribution is 2.50. The summed E-state index contributed by atoms with van der Waals surface area (Å²) < 4.78 is 5.16. The number of aliphatic hydroxyl groups is 1. The molecule has 0 spiro atoms. The molecular weight excluding hydrogens is 556 g/mol. The number of carbonyl (C=O) groups excluding carboxylic acids is 1. The molecule has 226 valence electrons. The second kappa shape index (κ2) is 10.7. The van der Waals surface area contributed by atoms with Crippen molar-refractivity contribution in [3.8, 4) is 0 Å². The standard InChI is InChI=1S/C35H36N4O5/c1-8-19-15(3)22-12-24-17(5)21(10-11-28(40)41)32(38-24)30-31(35(43)44-7)34(42)29-18(6)25(39-33(29)30)14-27-20(9-2)16(4)23(37-27)13-26(19)36-22/h10-14,31,34,36-37,42H,8-9H2,1-7H3,(H,40,41)/b11-10+,22-12?,23-13?,24-12?,25-14?,26-13?,27-14?,32-30?/t31-,34?/m1/s1. The predicted molar refractivity (Wildman–Crippen MR) is 172 cm³/mol. The molecule has 8 bridgehead atoms. The number of aromatic amines is 2. The molecule has 1 aliphatic carbocycles. The first-order chi connectivity index (χ1) is 21.0. The molecule has 9 heteroatoms. The van der Waals surface area contributed by atoms with E-state index in [1.807, 2.05) is 26.0 Å². The number of carbonyl (C=O) groups is 2.